The molecule has 0 spiro atoms. The summed E-state index contributed by atoms with van der Waals surface area (Å²) in [5.41, 5.74) is 3.06. The first-order valence-corrected chi connectivity index (χ1v) is 12.1. The van der Waals surface area contributed by atoms with E-state index in [1.807, 2.05) is 79.4 Å². The molecular weight excluding hydrogens is 450 g/mol. The number of pyridine rings is 1. The van der Waals surface area contributed by atoms with Crippen LogP contribution in [0.2, 0.25) is 0 Å². The van der Waals surface area contributed by atoms with E-state index in [0.29, 0.717) is 11.3 Å². The Labute approximate surface area is 210 Å². The summed E-state index contributed by atoms with van der Waals surface area (Å²) in [6.07, 6.45) is 5.35. The lowest BCUT2D eigenvalue weighted by Gasteiger charge is -2.35. The molecule has 0 N–H and O–H groups in total. The zero-order chi connectivity index (χ0) is 25.4. The fourth-order valence-electron chi connectivity index (χ4n) is 5.79. The van der Waals surface area contributed by atoms with Gasteiger partial charge in [-0.05, 0) is 50.1 Å². The third-order valence-electron chi connectivity index (χ3n) is 7.29. The minimum absolute atomic E-state index is 0.133. The SMILES string of the molecule is CCOC(=O)C1(C#N)[C@@H]2C=Cc3ncccc3N2[C@@H](C(=O)c2ccccc2)[C@@H]1c1ccc(C)cc1C. The number of nitriles is 1. The molecule has 3 aromatic rings. The second kappa shape index (κ2) is 9.09. The number of rotatable bonds is 5. The number of fused-ring (bicyclic) bond motifs is 3. The van der Waals surface area contributed by atoms with Crippen LogP contribution in [0, 0.1) is 30.6 Å². The Balaban J connectivity index is 1.84. The number of hydrogen-bond donors (Lipinski definition) is 0. The number of aromatic nitrogens is 1. The van der Waals surface area contributed by atoms with Crippen molar-refractivity contribution in [3.8, 4) is 6.07 Å². The molecule has 1 unspecified atom stereocenters. The number of esters is 1. The van der Waals surface area contributed by atoms with Gasteiger partial charge in [0.1, 0.15) is 6.04 Å². The van der Waals surface area contributed by atoms with Crippen LogP contribution in [0.4, 0.5) is 5.69 Å². The highest BCUT2D eigenvalue weighted by Crippen LogP contribution is 2.56. The van der Waals surface area contributed by atoms with Crippen molar-refractivity contribution < 1.29 is 14.3 Å². The predicted molar refractivity (Wildman–Crippen MR) is 137 cm³/mol. The van der Waals surface area contributed by atoms with Gasteiger partial charge >= 0.3 is 5.97 Å². The molecule has 3 heterocycles. The smallest absolute Gasteiger partial charge is 0.329 e. The third kappa shape index (κ3) is 3.43. The van der Waals surface area contributed by atoms with Gasteiger partial charge in [-0.15, -0.1) is 0 Å². The number of ether oxygens (including phenoxy) is 1. The van der Waals surface area contributed by atoms with Gasteiger partial charge in [0.15, 0.2) is 11.2 Å². The summed E-state index contributed by atoms with van der Waals surface area (Å²) >= 11 is 0. The van der Waals surface area contributed by atoms with Crippen LogP contribution >= 0.6 is 0 Å². The van der Waals surface area contributed by atoms with E-state index in [-0.39, 0.29) is 12.4 Å². The van der Waals surface area contributed by atoms with Crippen molar-refractivity contribution in [2.45, 2.75) is 38.8 Å². The van der Waals surface area contributed by atoms with Crippen molar-refractivity contribution in [1.82, 2.24) is 4.98 Å². The van der Waals surface area contributed by atoms with Gasteiger partial charge in [-0.1, -0.05) is 60.2 Å². The van der Waals surface area contributed by atoms with Gasteiger partial charge in [0.2, 0.25) is 0 Å². The normalized spacial score (nSPS) is 23.9. The maximum Gasteiger partial charge on any atom is 0.329 e. The Morgan fingerprint density at radius 3 is 2.58 bits per heavy atom. The topological polar surface area (TPSA) is 83.3 Å². The van der Waals surface area contributed by atoms with Crippen molar-refractivity contribution in [2.24, 2.45) is 5.41 Å². The highest BCUT2D eigenvalue weighted by molar-refractivity contribution is 6.06. The number of benzene rings is 2. The summed E-state index contributed by atoms with van der Waals surface area (Å²) < 4.78 is 5.56. The summed E-state index contributed by atoms with van der Waals surface area (Å²) in [5.74, 6) is -1.54. The van der Waals surface area contributed by atoms with Crippen molar-refractivity contribution in [2.75, 3.05) is 11.5 Å². The van der Waals surface area contributed by atoms with E-state index in [1.165, 1.54) is 0 Å². The summed E-state index contributed by atoms with van der Waals surface area (Å²) in [6, 6.07) is 19.5. The Kier molecular flexibility index (Phi) is 5.93. The summed E-state index contributed by atoms with van der Waals surface area (Å²) in [6.45, 7) is 5.81. The standard InChI is InChI=1S/C30H27N3O3/c1-4-36-29(35)30(18-31)25-15-14-23-24(11-8-16-32-23)33(25)27(28(34)21-9-6-5-7-10-21)26(30)22-13-12-19(2)17-20(22)3/h5-17,25-27H,4H2,1-3H3/t25-,26-,27+,30?/m0/s1. The Morgan fingerprint density at radius 1 is 1.11 bits per heavy atom. The van der Waals surface area contributed by atoms with Gasteiger partial charge in [0.25, 0.3) is 0 Å². The minimum atomic E-state index is -1.64. The Bertz CT molecular complexity index is 1410. The molecule has 2 aromatic carbocycles. The molecule has 1 aromatic heterocycles. The van der Waals surface area contributed by atoms with E-state index in [1.54, 1.807) is 25.3 Å². The Hall–Kier alpha value is -4.24. The molecule has 0 radical (unpaired) electrons. The summed E-state index contributed by atoms with van der Waals surface area (Å²) in [4.78, 5) is 34.5. The molecule has 0 bridgehead atoms. The molecular formula is C30H27N3O3. The number of hydrogen-bond acceptors (Lipinski definition) is 6. The minimum Gasteiger partial charge on any atom is -0.465 e. The van der Waals surface area contributed by atoms with Gasteiger partial charge in [-0.2, -0.15) is 5.26 Å². The van der Waals surface area contributed by atoms with Crippen LogP contribution in [-0.2, 0) is 9.53 Å². The zero-order valence-corrected chi connectivity index (χ0v) is 20.5. The van der Waals surface area contributed by atoms with Crippen LogP contribution in [0.25, 0.3) is 6.08 Å². The maximum absolute atomic E-state index is 14.3. The van der Waals surface area contributed by atoms with Crippen LogP contribution in [0.1, 0.15) is 45.6 Å². The van der Waals surface area contributed by atoms with E-state index in [9.17, 15) is 14.9 Å². The molecule has 0 amide bonds. The number of nitrogens with zero attached hydrogens (tertiary/aromatic N) is 3. The Morgan fingerprint density at radius 2 is 1.89 bits per heavy atom. The largest absolute Gasteiger partial charge is 0.465 e. The van der Waals surface area contributed by atoms with Crippen molar-refractivity contribution in [3.63, 3.8) is 0 Å². The van der Waals surface area contributed by atoms with Gasteiger partial charge in [-0.3, -0.25) is 14.6 Å². The molecule has 0 saturated carbocycles. The molecule has 5 rings (SSSR count). The van der Waals surface area contributed by atoms with Crippen molar-refractivity contribution in [1.29, 1.82) is 5.26 Å². The third-order valence-corrected chi connectivity index (χ3v) is 7.29. The first-order valence-electron chi connectivity index (χ1n) is 12.1. The maximum atomic E-state index is 14.3. The van der Waals surface area contributed by atoms with Gasteiger partial charge in [0, 0.05) is 17.7 Å². The number of Topliss-reactive ketones (excluding diaryl/α,β-unsaturated/α-hetero) is 1. The second-order valence-corrected chi connectivity index (χ2v) is 9.33. The number of ketones is 1. The van der Waals surface area contributed by atoms with E-state index >= 15 is 0 Å². The molecule has 180 valence electrons. The average Bonchev–Trinajstić information content (AvgIpc) is 3.20. The van der Waals surface area contributed by atoms with Gasteiger partial charge in [-0.25, -0.2) is 0 Å². The first-order chi connectivity index (χ1) is 17.4. The molecule has 2 aliphatic heterocycles. The quantitative estimate of drug-likeness (QED) is 0.379. The molecule has 36 heavy (non-hydrogen) atoms. The highest BCUT2D eigenvalue weighted by Gasteiger charge is 2.67. The van der Waals surface area contributed by atoms with Crippen LogP contribution in [0.5, 0.6) is 0 Å². The van der Waals surface area contributed by atoms with Gasteiger partial charge < -0.3 is 9.64 Å². The monoisotopic (exact) mass is 477 g/mol. The van der Waals surface area contributed by atoms with Crippen molar-refractivity contribution in [3.05, 3.63) is 101 Å². The van der Waals surface area contributed by atoms with Gasteiger partial charge in [0.05, 0.1) is 30.1 Å². The summed E-state index contributed by atoms with van der Waals surface area (Å²) in [7, 11) is 0. The molecule has 6 nitrogen and oxygen atoms in total. The lowest BCUT2D eigenvalue weighted by atomic mass is 9.67. The lowest BCUT2D eigenvalue weighted by Crippen LogP contribution is -2.47. The van der Waals surface area contributed by atoms with Crippen molar-refractivity contribution >= 4 is 23.5 Å². The number of carbonyl (C=O) groups is 2. The zero-order valence-electron chi connectivity index (χ0n) is 20.5. The molecule has 0 aliphatic carbocycles. The number of aryl methyl sites for hydroxylation is 2. The molecule has 6 heteroatoms. The fraction of sp³-hybridized carbons (Fsp3) is 0.267. The average molecular weight is 478 g/mol. The molecule has 4 atom stereocenters. The predicted octanol–water partition coefficient (Wildman–Crippen LogP) is 5.02. The van der Waals surface area contributed by atoms with Crippen LogP contribution in [-0.4, -0.2) is 35.4 Å². The summed E-state index contributed by atoms with van der Waals surface area (Å²) in [5, 5.41) is 10.8. The molecule has 2 aliphatic rings. The van der Waals surface area contributed by atoms with E-state index in [4.69, 9.17) is 4.74 Å². The van der Waals surface area contributed by atoms with E-state index in [0.717, 1.165) is 22.4 Å². The number of anilines is 1. The van der Waals surface area contributed by atoms with E-state index < -0.39 is 29.4 Å². The van der Waals surface area contributed by atoms with Crippen LogP contribution < -0.4 is 4.90 Å². The second-order valence-electron chi connectivity index (χ2n) is 9.33. The molecule has 1 saturated heterocycles. The number of carbonyl (C=O) groups excluding carboxylic acids is 2. The lowest BCUT2D eigenvalue weighted by molar-refractivity contribution is -0.152. The van der Waals surface area contributed by atoms with E-state index in [2.05, 4.69) is 11.1 Å². The highest BCUT2D eigenvalue weighted by atomic mass is 16.5. The van der Waals surface area contributed by atoms with Crippen LogP contribution in [0.15, 0.2) is 72.9 Å². The van der Waals surface area contributed by atoms with Crippen LogP contribution in [0.3, 0.4) is 0 Å². The first kappa shape index (κ1) is 23.5. The molecule has 1 fully saturated rings. The fourth-order valence-corrected chi connectivity index (χ4v) is 5.79.